The number of benzene rings is 1. The van der Waals surface area contributed by atoms with Crippen LogP contribution in [0.4, 0.5) is 0 Å². The Morgan fingerprint density at radius 3 is 2.65 bits per heavy atom. The number of thioether (sulfide) groups is 1. The van der Waals surface area contributed by atoms with E-state index in [1.807, 2.05) is 36.0 Å². The molecule has 0 aromatic heterocycles. The first kappa shape index (κ1) is 14.8. The van der Waals surface area contributed by atoms with Crippen molar-refractivity contribution in [3.63, 3.8) is 0 Å². The minimum absolute atomic E-state index is 0.0235. The average Bonchev–Trinajstić information content (AvgIpc) is 2.30. The van der Waals surface area contributed by atoms with Crippen LogP contribution in [0, 0.1) is 3.57 Å². The van der Waals surface area contributed by atoms with Gasteiger partial charge in [-0.15, -0.1) is 0 Å². The molecule has 1 atom stereocenters. The van der Waals surface area contributed by atoms with Gasteiger partial charge in [0.2, 0.25) is 0 Å². The van der Waals surface area contributed by atoms with Crippen LogP contribution in [0.3, 0.4) is 0 Å². The number of halogens is 1. The second kappa shape index (κ2) is 7.97. The largest absolute Gasteiger partial charge is 0.350 e. The van der Waals surface area contributed by atoms with E-state index >= 15 is 0 Å². The highest BCUT2D eigenvalue weighted by Gasteiger charge is 2.09. The van der Waals surface area contributed by atoms with Crippen LogP contribution >= 0.6 is 34.4 Å². The van der Waals surface area contributed by atoms with Gasteiger partial charge >= 0.3 is 0 Å². The molecule has 0 saturated carbocycles. The third kappa shape index (κ3) is 5.77. The molecular formula is C13H18INOS. The normalized spacial score (nSPS) is 12.2. The average molecular weight is 363 g/mol. The van der Waals surface area contributed by atoms with Crippen molar-refractivity contribution in [3.05, 3.63) is 33.4 Å². The van der Waals surface area contributed by atoms with Crippen molar-refractivity contribution in [3.8, 4) is 0 Å². The lowest BCUT2D eigenvalue weighted by atomic mass is 10.2. The van der Waals surface area contributed by atoms with Gasteiger partial charge in [-0.05, 0) is 71.7 Å². The van der Waals surface area contributed by atoms with Crippen LogP contribution in [0.25, 0.3) is 0 Å². The molecule has 0 radical (unpaired) electrons. The minimum atomic E-state index is 0.0235. The summed E-state index contributed by atoms with van der Waals surface area (Å²) in [7, 11) is 0. The molecule has 0 aliphatic heterocycles. The molecule has 0 spiro atoms. The topological polar surface area (TPSA) is 29.1 Å². The second-order valence-electron chi connectivity index (χ2n) is 3.87. The van der Waals surface area contributed by atoms with E-state index in [2.05, 4.69) is 41.8 Å². The highest BCUT2D eigenvalue weighted by molar-refractivity contribution is 14.1. The van der Waals surface area contributed by atoms with E-state index in [1.165, 1.54) is 0 Å². The number of carbonyl (C=O) groups is 1. The Morgan fingerprint density at radius 1 is 1.41 bits per heavy atom. The van der Waals surface area contributed by atoms with Gasteiger partial charge < -0.3 is 5.32 Å². The molecule has 17 heavy (non-hydrogen) atoms. The molecular weight excluding hydrogens is 345 g/mol. The maximum absolute atomic E-state index is 11.9. The Hall–Kier alpha value is -0.230. The third-order valence-electron chi connectivity index (χ3n) is 2.38. The van der Waals surface area contributed by atoms with Gasteiger partial charge in [0.1, 0.15) is 0 Å². The quantitative estimate of drug-likeness (QED) is 0.619. The number of rotatable bonds is 6. The van der Waals surface area contributed by atoms with E-state index in [9.17, 15) is 4.79 Å². The summed E-state index contributed by atoms with van der Waals surface area (Å²) >= 11 is 4.14. The number of hydrogen-bond donors (Lipinski definition) is 1. The van der Waals surface area contributed by atoms with Crippen molar-refractivity contribution in [2.45, 2.75) is 26.3 Å². The van der Waals surface area contributed by atoms with Crippen LogP contribution in [-0.2, 0) is 0 Å². The minimum Gasteiger partial charge on any atom is -0.350 e. The summed E-state index contributed by atoms with van der Waals surface area (Å²) in [6.45, 7) is 4.21. The molecule has 4 heteroatoms. The summed E-state index contributed by atoms with van der Waals surface area (Å²) in [5, 5.41) is 3.02. The van der Waals surface area contributed by atoms with Crippen molar-refractivity contribution >= 4 is 40.3 Å². The van der Waals surface area contributed by atoms with Gasteiger partial charge in [-0.1, -0.05) is 6.92 Å². The molecule has 0 heterocycles. The molecule has 2 nitrogen and oxygen atoms in total. The molecule has 1 N–H and O–H groups in total. The summed E-state index contributed by atoms with van der Waals surface area (Å²) in [6.07, 6.45) is 1.02. The molecule has 0 saturated heterocycles. The molecule has 1 aromatic rings. The zero-order valence-electron chi connectivity index (χ0n) is 10.2. The van der Waals surface area contributed by atoms with Crippen molar-refractivity contribution in [2.24, 2.45) is 0 Å². The van der Waals surface area contributed by atoms with Crippen LogP contribution in [0.15, 0.2) is 24.3 Å². The van der Waals surface area contributed by atoms with Crippen LogP contribution in [-0.4, -0.2) is 23.5 Å². The van der Waals surface area contributed by atoms with E-state index in [-0.39, 0.29) is 11.9 Å². The van der Waals surface area contributed by atoms with Crippen LogP contribution in [0.5, 0.6) is 0 Å². The van der Waals surface area contributed by atoms with Gasteiger partial charge in [-0.3, -0.25) is 4.79 Å². The van der Waals surface area contributed by atoms with E-state index in [4.69, 9.17) is 0 Å². The second-order valence-corrected chi connectivity index (χ2v) is 6.51. The number of hydrogen-bond acceptors (Lipinski definition) is 2. The van der Waals surface area contributed by atoms with Gasteiger partial charge in [0, 0.05) is 15.2 Å². The summed E-state index contributed by atoms with van der Waals surface area (Å²) in [5.41, 5.74) is 0.736. The predicted octanol–water partition coefficient (Wildman–Crippen LogP) is 3.55. The van der Waals surface area contributed by atoms with Crippen LogP contribution < -0.4 is 5.32 Å². The predicted molar refractivity (Wildman–Crippen MR) is 83.7 cm³/mol. The zero-order chi connectivity index (χ0) is 12.7. The summed E-state index contributed by atoms with van der Waals surface area (Å²) in [6, 6.07) is 7.87. The number of amides is 1. The van der Waals surface area contributed by atoms with Gasteiger partial charge in [0.15, 0.2) is 0 Å². The summed E-state index contributed by atoms with van der Waals surface area (Å²) in [4.78, 5) is 11.9. The van der Waals surface area contributed by atoms with Crippen molar-refractivity contribution in [1.82, 2.24) is 5.32 Å². The Morgan fingerprint density at radius 2 is 2.06 bits per heavy atom. The van der Waals surface area contributed by atoms with Crippen molar-refractivity contribution in [2.75, 3.05) is 11.5 Å². The van der Waals surface area contributed by atoms with Crippen molar-refractivity contribution < 1.29 is 4.79 Å². The molecule has 1 amide bonds. The Bertz CT molecular complexity index is 353. The highest BCUT2D eigenvalue weighted by Crippen LogP contribution is 2.08. The monoisotopic (exact) mass is 363 g/mol. The van der Waals surface area contributed by atoms with E-state index in [0.717, 1.165) is 27.1 Å². The first-order chi connectivity index (χ1) is 8.13. The summed E-state index contributed by atoms with van der Waals surface area (Å²) in [5.74, 6) is 2.26. The first-order valence-electron chi connectivity index (χ1n) is 5.77. The van der Waals surface area contributed by atoms with Gasteiger partial charge in [0.05, 0.1) is 0 Å². The molecule has 0 aliphatic carbocycles. The third-order valence-corrected chi connectivity index (χ3v) is 4.04. The molecule has 0 aliphatic rings. The Balaban J connectivity index is 2.40. The van der Waals surface area contributed by atoms with Gasteiger partial charge in [-0.25, -0.2) is 0 Å². The molecule has 94 valence electrons. The fourth-order valence-electron chi connectivity index (χ4n) is 1.39. The fraction of sp³-hybridized carbons (Fsp3) is 0.462. The standard InChI is InChI=1S/C13H18INOS/c1-3-17-9-8-10(2)15-13(16)11-4-6-12(14)7-5-11/h4-7,10H,3,8-9H2,1-2H3,(H,15,16). The molecule has 0 fully saturated rings. The fourth-order valence-corrected chi connectivity index (χ4v) is 2.55. The lowest BCUT2D eigenvalue weighted by Gasteiger charge is -2.13. The molecule has 0 bridgehead atoms. The molecule has 1 unspecified atom stereocenters. The SMILES string of the molecule is CCSCCC(C)NC(=O)c1ccc(I)cc1. The number of carbonyl (C=O) groups excluding carboxylic acids is 1. The maximum atomic E-state index is 11.9. The van der Waals surface area contributed by atoms with Crippen molar-refractivity contribution in [1.29, 1.82) is 0 Å². The lowest BCUT2D eigenvalue weighted by molar-refractivity contribution is 0.0939. The smallest absolute Gasteiger partial charge is 0.251 e. The molecule has 1 rings (SSSR count). The zero-order valence-corrected chi connectivity index (χ0v) is 13.2. The molecule has 1 aromatic carbocycles. The maximum Gasteiger partial charge on any atom is 0.251 e. The number of nitrogens with one attached hydrogen (secondary N) is 1. The lowest BCUT2D eigenvalue weighted by Crippen LogP contribution is -2.32. The van der Waals surface area contributed by atoms with Gasteiger partial charge in [-0.2, -0.15) is 11.8 Å². The highest BCUT2D eigenvalue weighted by atomic mass is 127. The van der Waals surface area contributed by atoms with Crippen LogP contribution in [0.2, 0.25) is 0 Å². The first-order valence-corrected chi connectivity index (χ1v) is 8.01. The van der Waals surface area contributed by atoms with E-state index in [0.29, 0.717) is 0 Å². The van der Waals surface area contributed by atoms with E-state index in [1.54, 1.807) is 0 Å². The van der Waals surface area contributed by atoms with E-state index < -0.39 is 0 Å². The summed E-state index contributed by atoms with van der Waals surface area (Å²) < 4.78 is 1.14. The Kier molecular flexibility index (Phi) is 6.96. The van der Waals surface area contributed by atoms with Gasteiger partial charge in [0.25, 0.3) is 5.91 Å². The van der Waals surface area contributed by atoms with Crippen LogP contribution in [0.1, 0.15) is 30.6 Å². The Labute approximate surface area is 121 Å².